The number of hydrogen-bond acceptors (Lipinski definition) is 1. The zero-order valence-electron chi connectivity index (χ0n) is 10.7. The van der Waals surface area contributed by atoms with E-state index in [1.165, 1.54) is 27.7 Å². The summed E-state index contributed by atoms with van der Waals surface area (Å²) in [4.78, 5) is 0. The number of rotatable bonds is 3. The lowest BCUT2D eigenvalue weighted by Crippen LogP contribution is -1.92. The molecule has 0 saturated heterocycles. The van der Waals surface area contributed by atoms with E-state index in [0.717, 1.165) is 12.8 Å². The first-order chi connectivity index (χ1) is 8.19. The molecule has 1 aromatic carbocycles. The third kappa shape index (κ3) is 1.93. The van der Waals surface area contributed by atoms with Crippen molar-refractivity contribution in [1.29, 1.82) is 5.26 Å². The monoisotopic (exact) mass is 226 g/mol. The van der Waals surface area contributed by atoms with Crippen LogP contribution in [0.1, 0.15) is 30.2 Å². The fourth-order valence-electron chi connectivity index (χ4n) is 2.41. The van der Waals surface area contributed by atoms with Gasteiger partial charge in [-0.3, -0.25) is 0 Å². The summed E-state index contributed by atoms with van der Waals surface area (Å²) in [5.41, 5.74) is 5.25. The summed E-state index contributed by atoms with van der Waals surface area (Å²) in [6.07, 6.45) is 2.50. The molecule has 0 radical (unpaired) electrons. The van der Waals surface area contributed by atoms with Crippen LogP contribution in [0, 0.1) is 18.3 Å². The van der Waals surface area contributed by atoms with Crippen LogP contribution in [-0.4, -0.2) is 4.57 Å². The maximum absolute atomic E-state index is 8.74. The van der Waals surface area contributed by atoms with Crippen molar-refractivity contribution in [1.82, 2.24) is 4.57 Å². The van der Waals surface area contributed by atoms with Crippen LogP contribution in [0.25, 0.3) is 10.9 Å². The molecule has 0 atom stereocenters. The molecule has 2 nitrogen and oxygen atoms in total. The van der Waals surface area contributed by atoms with Crippen LogP contribution in [0.5, 0.6) is 0 Å². The predicted octanol–water partition coefficient (Wildman–Crippen LogP) is 3.51. The molecule has 2 aromatic rings. The Bertz CT molecular complexity index is 585. The Morgan fingerprint density at radius 3 is 2.76 bits per heavy atom. The Morgan fingerprint density at radius 1 is 1.35 bits per heavy atom. The van der Waals surface area contributed by atoms with Gasteiger partial charge in [0.2, 0.25) is 0 Å². The fraction of sp³-hybridized carbons (Fsp3) is 0.400. The van der Waals surface area contributed by atoms with Gasteiger partial charge in [-0.05, 0) is 43.0 Å². The highest BCUT2D eigenvalue weighted by atomic mass is 14.9. The van der Waals surface area contributed by atoms with Gasteiger partial charge in [0.15, 0.2) is 0 Å². The number of aromatic nitrogens is 1. The number of nitriles is 1. The summed E-state index contributed by atoms with van der Waals surface area (Å²) in [6, 6.07) is 8.89. The van der Waals surface area contributed by atoms with Crippen molar-refractivity contribution in [3.63, 3.8) is 0 Å². The minimum Gasteiger partial charge on any atom is -0.348 e. The van der Waals surface area contributed by atoms with Gasteiger partial charge in [-0.1, -0.05) is 13.0 Å². The normalized spacial score (nSPS) is 10.7. The molecule has 0 unspecified atom stereocenters. The van der Waals surface area contributed by atoms with E-state index in [1.54, 1.807) is 0 Å². The number of nitrogens with zero attached hydrogens (tertiary/aromatic N) is 2. The second kappa shape index (κ2) is 4.63. The van der Waals surface area contributed by atoms with E-state index in [2.05, 4.69) is 49.7 Å². The summed E-state index contributed by atoms with van der Waals surface area (Å²) in [7, 11) is 2.10. The SMILES string of the molecule is CCc1ccc2c(c1)c(CCC#N)c(C)n2C. The highest BCUT2D eigenvalue weighted by molar-refractivity contribution is 5.86. The molecule has 0 aliphatic rings. The molecule has 17 heavy (non-hydrogen) atoms. The van der Waals surface area contributed by atoms with Gasteiger partial charge in [0.1, 0.15) is 0 Å². The van der Waals surface area contributed by atoms with Gasteiger partial charge in [-0.25, -0.2) is 0 Å². The summed E-state index contributed by atoms with van der Waals surface area (Å²) in [5, 5.41) is 10.1. The number of fused-ring (bicyclic) bond motifs is 1. The van der Waals surface area contributed by atoms with Gasteiger partial charge in [-0.15, -0.1) is 0 Å². The van der Waals surface area contributed by atoms with E-state index in [1.807, 2.05) is 0 Å². The predicted molar refractivity (Wildman–Crippen MR) is 71.0 cm³/mol. The van der Waals surface area contributed by atoms with Gasteiger partial charge in [-0.2, -0.15) is 5.26 Å². The molecule has 1 heterocycles. The molecule has 2 rings (SSSR count). The van der Waals surface area contributed by atoms with E-state index in [4.69, 9.17) is 5.26 Å². The van der Waals surface area contributed by atoms with Crippen molar-refractivity contribution < 1.29 is 0 Å². The highest BCUT2D eigenvalue weighted by Crippen LogP contribution is 2.27. The van der Waals surface area contributed by atoms with Gasteiger partial charge >= 0.3 is 0 Å². The van der Waals surface area contributed by atoms with Crippen LogP contribution in [0.4, 0.5) is 0 Å². The van der Waals surface area contributed by atoms with Crippen molar-refractivity contribution >= 4 is 10.9 Å². The van der Waals surface area contributed by atoms with E-state index in [9.17, 15) is 0 Å². The molecule has 0 aliphatic heterocycles. The van der Waals surface area contributed by atoms with Crippen molar-refractivity contribution in [2.75, 3.05) is 0 Å². The molecule has 0 fully saturated rings. The van der Waals surface area contributed by atoms with E-state index >= 15 is 0 Å². The van der Waals surface area contributed by atoms with Gasteiger partial charge in [0.05, 0.1) is 6.07 Å². The minimum absolute atomic E-state index is 0.594. The first kappa shape index (κ1) is 11.7. The first-order valence-electron chi connectivity index (χ1n) is 6.12. The van der Waals surface area contributed by atoms with Crippen molar-refractivity contribution in [3.8, 4) is 6.07 Å². The first-order valence-corrected chi connectivity index (χ1v) is 6.12. The Hall–Kier alpha value is -1.75. The summed E-state index contributed by atoms with van der Waals surface area (Å²) < 4.78 is 2.22. The molecule has 2 heteroatoms. The van der Waals surface area contributed by atoms with Crippen LogP contribution in [-0.2, 0) is 19.9 Å². The average molecular weight is 226 g/mol. The van der Waals surface area contributed by atoms with Crippen LogP contribution in [0.3, 0.4) is 0 Å². The molecule has 1 aromatic heterocycles. The second-order valence-electron chi connectivity index (χ2n) is 4.49. The van der Waals surface area contributed by atoms with Gasteiger partial charge < -0.3 is 4.57 Å². The molecule has 0 bridgehead atoms. The Morgan fingerprint density at radius 2 is 2.12 bits per heavy atom. The topological polar surface area (TPSA) is 28.7 Å². The minimum atomic E-state index is 0.594. The van der Waals surface area contributed by atoms with E-state index in [0.29, 0.717) is 6.42 Å². The van der Waals surface area contributed by atoms with E-state index < -0.39 is 0 Å². The molecular formula is C15H18N2. The Labute approximate surface area is 102 Å². The van der Waals surface area contributed by atoms with Crippen LogP contribution < -0.4 is 0 Å². The van der Waals surface area contributed by atoms with Crippen molar-refractivity contribution in [3.05, 3.63) is 35.0 Å². The third-order valence-electron chi connectivity index (χ3n) is 3.58. The number of hydrogen-bond donors (Lipinski definition) is 0. The summed E-state index contributed by atoms with van der Waals surface area (Å²) >= 11 is 0. The summed E-state index contributed by atoms with van der Waals surface area (Å²) in [6.45, 7) is 4.31. The number of aryl methyl sites for hydroxylation is 3. The van der Waals surface area contributed by atoms with Crippen LogP contribution >= 0.6 is 0 Å². The van der Waals surface area contributed by atoms with Crippen molar-refractivity contribution in [2.24, 2.45) is 7.05 Å². The second-order valence-corrected chi connectivity index (χ2v) is 4.49. The molecule has 0 aliphatic carbocycles. The average Bonchev–Trinajstić information content (AvgIpc) is 2.59. The zero-order chi connectivity index (χ0) is 12.4. The fourth-order valence-corrected chi connectivity index (χ4v) is 2.41. The molecule has 0 saturated carbocycles. The quantitative estimate of drug-likeness (QED) is 0.787. The molecule has 88 valence electrons. The van der Waals surface area contributed by atoms with E-state index in [-0.39, 0.29) is 0 Å². The largest absolute Gasteiger partial charge is 0.348 e. The lowest BCUT2D eigenvalue weighted by molar-refractivity contribution is 0.888. The molecular weight excluding hydrogens is 208 g/mol. The third-order valence-corrected chi connectivity index (χ3v) is 3.58. The van der Waals surface area contributed by atoms with Gasteiger partial charge in [0.25, 0.3) is 0 Å². The van der Waals surface area contributed by atoms with Gasteiger partial charge in [0, 0.05) is 30.1 Å². The Balaban J connectivity index is 2.63. The summed E-state index contributed by atoms with van der Waals surface area (Å²) in [5.74, 6) is 0. The smallest absolute Gasteiger partial charge is 0.0625 e. The molecule has 0 N–H and O–H groups in total. The molecule has 0 amide bonds. The lowest BCUT2D eigenvalue weighted by Gasteiger charge is -2.00. The Kier molecular flexibility index (Phi) is 3.19. The molecule has 0 spiro atoms. The van der Waals surface area contributed by atoms with Crippen LogP contribution in [0.15, 0.2) is 18.2 Å². The zero-order valence-corrected chi connectivity index (χ0v) is 10.7. The lowest BCUT2D eigenvalue weighted by atomic mass is 10.0. The maximum Gasteiger partial charge on any atom is 0.0625 e. The maximum atomic E-state index is 8.74. The standard InChI is InChI=1S/C15H18N2/c1-4-12-7-8-15-14(10-12)13(6-5-9-16)11(2)17(15)3/h7-8,10H,4-6H2,1-3H3. The highest BCUT2D eigenvalue weighted by Gasteiger charge is 2.11. The van der Waals surface area contributed by atoms with Crippen molar-refractivity contribution in [2.45, 2.75) is 33.1 Å². The van der Waals surface area contributed by atoms with Crippen LogP contribution in [0.2, 0.25) is 0 Å². The number of benzene rings is 1.